The van der Waals surface area contributed by atoms with Crippen LogP contribution in [0.4, 0.5) is 18.9 Å². The third-order valence-corrected chi connectivity index (χ3v) is 5.04. The molecule has 0 unspecified atom stereocenters. The van der Waals surface area contributed by atoms with Crippen LogP contribution in [0.25, 0.3) is 11.1 Å². The van der Waals surface area contributed by atoms with E-state index in [4.69, 9.17) is 0 Å². The summed E-state index contributed by atoms with van der Waals surface area (Å²) in [5, 5.41) is 0. The van der Waals surface area contributed by atoms with Crippen LogP contribution in [0.15, 0.2) is 72.8 Å². The van der Waals surface area contributed by atoms with E-state index >= 15 is 0 Å². The second kappa shape index (κ2) is 7.15. The molecule has 0 N–H and O–H groups in total. The van der Waals surface area contributed by atoms with E-state index < -0.39 is 11.7 Å². The maximum Gasteiger partial charge on any atom is 0.416 e. The van der Waals surface area contributed by atoms with E-state index in [1.54, 1.807) is 29.2 Å². The Hall–Kier alpha value is -3.08. The monoisotopic (exact) mass is 381 g/mol. The third kappa shape index (κ3) is 3.40. The summed E-state index contributed by atoms with van der Waals surface area (Å²) in [6.07, 6.45) is -2.57. The number of halogens is 3. The molecule has 5 heteroatoms. The number of fused-ring (bicyclic) bond motifs is 1. The van der Waals surface area contributed by atoms with Gasteiger partial charge in [-0.2, -0.15) is 13.2 Å². The first-order valence-electron chi connectivity index (χ1n) is 9.11. The lowest BCUT2D eigenvalue weighted by Gasteiger charge is -2.30. The van der Waals surface area contributed by atoms with Crippen LogP contribution >= 0.6 is 0 Å². The van der Waals surface area contributed by atoms with E-state index in [2.05, 4.69) is 0 Å². The van der Waals surface area contributed by atoms with Gasteiger partial charge < -0.3 is 4.90 Å². The second-order valence-corrected chi connectivity index (χ2v) is 6.81. The average Bonchev–Trinajstić information content (AvgIpc) is 2.72. The Morgan fingerprint density at radius 2 is 1.54 bits per heavy atom. The van der Waals surface area contributed by atoms with Gasteiger partial charge in [-0.1, -0.05) is 48.5 Å². The van der Waals surface area contributed by atoms with Crippen LogP contribution in [-0.4, -0.2) is 12.5 Å². The molecular formula is C23H18F3NO. The lowest BCUT2D eigenvalue weighted by atomic mass is 9.96. The lowest BCUT2D eigenvalue weighted by Crippen LogP contribution is -2.35. The molecule has 2 nitrogen and oxygen atoms in total. The van der Waals surface area contributed by atoms with Crippen LogP contribution in [0.3, 0.4) is 0 Å². The van der Waals surface area contributed by atoms with Crippen molar-refractivity contribution in [1.29, 1.82) is 0 Å². The molecule has 1 aliphatic rings. The molecule has 0 bridgehead atoms. The number of anilines is 1. The molecule has 1 amide bonds. The SMILES string of the molecule is O=C(c1ccccc1-c1ccc(C(F)(F)F)cc1)N1CCCc2ccccc21. The van der Waals surface area contributed by atoms with Crippen molar-refractivity contribution in [3.8, 4) is 11.1 Å². The van der Waals surface area contributed by atoms with Crippen LogP contribution < -0.4 is 4.90 Å². The fourth-order valence-corrected chi connectivity index (χ4v) is 3.65. The Kier molecular flexibility index (Phi) is 4.67. The molecule has 0 aliphatic carbocycles. The number of para-hydroxylation sites is 1. The standard InChI is InChI=1S/C23H18F3NO/c24-23(25,26)18-13-11-16(12-14-18)19-8-2-3-9-20(19)22(28)27-15-5-7-17-6-1-4-10-21(17)27/h1-4,6,8-14H,5,7,15H2. The van der Waals surface area contributed by atoms with Crippen molar-refractivity contribution in [2.45, 2.75) is 19.0 Å². The van der Waals surface area contributed by atoms with Gasteiger partial charge in [-0.3, -0.25) is 4.79 Å². The van der Waals surface area contributed by atoms with Gasteiger partial charge in [0.1, 0.15) is 0 Å². The molecule has 0 aromatic heterocycles. The molecule has 0 spiro atoms. The number of carbonyl (C=O) groups is 1. The number of aryl methyl sites for hydroxylation is 1. The van der Waals surface area contributed by atoms with Crippen molar-refractivity contribution >= 4 is 11.6 Å². The number of alkyl halides is 3. The van der Waals surface area contributed by atoms with Gasteiger partial charge in [-0.25, -0.2) is 0 Å². The Morgan fingerprint density at radius 3 is 2.29 bits per heavy atom. The van der Waals surface area contributed by atoms with E-state index in [9.17, 15) is 18.0 Å². The quantitative estimate of drug-likeness (QED) is 0.536. The second-order valence-electron chi connectivity index (χ2n) is 6.81. The molecule has 1 heterocycles. The molecule has 0 radical (unpaired) electrons. The minimum Gasteiger partial charge on any atom is -0.308 e. The van der Waals surface area contributed by atoms with Crippen LogP contribution in [0, 0.1) is 0 Å². The zero-order chi connectivity index (χ0) is 19.7. The number of hydrogen-bond acceptors (Lipinski definition) is 1. The lowest BCUT2D eigenvalue weighted by molar-refractivity contribution is -0.137. The minimum absolute atomic E-state index is 0.136. The van der Waals surface area contributed by atoms with Gasteiger partial charge in [-0.05, 0) is 53.8 Å². The summed E-state index contributed by atoms with van der Waals surface area (Å²) in [6, 6.07) is 19.8. The number of benzene rings is 3. The maximum absolute atomic E-state index is 13.3. The molecular weight excluding hydrogens is 363 g/mol. The molecule has 0 atom stereocenters. The van der Waals surface area contributed by atoms with Crippen molar-refractivity contribution in [3.05, 3.63) is 89.5 Å². The Bertz CT molecular complexity index is 1010. The van der Waals surface area contributed by atoms with Crippen molar-refractivity contribution in [3.63, 3.8) is 0 Å². The van der Waals surface area contributed by atoms with E-state index in [-0.39, 0.29) is 5.91 Å². The number of carbonyl (C=O) groups excluding carboxylic acids is 1. The summed E-state index contributed by atoms with van der Waals surface area (Å²) in [6.45, 7) is 0.622. The summed E-state index contributed by atoms with van der Waals surface area (Å²) >= 11 is 0. The molecule has 3 aromatic carbocycles. The zero-order valence-electron chi connectivity index (χ0n) is 15.0. The number of hydrogen-bond donors (Lipinski definition) is 0. The molecule has 0 fully saturated rings. The summed E-state index contributed by atoms with van der Waals surface area (Å²) < 4.78 is 38.6. The van der Waals surface area contributed by atoms with Crippen LogP contribution in [0.1, 0.15) is 27.9 Å². The van der Waals surface area contributed by atoms with E-state index in [1.807, 2.05) is 24.3 Å². The molecule has 0 saturated carbocycles. The van der Waals surface area contributed by atoms with Gasteiger partial charge in [0.05, 0.1) is 5.56 Å². The Morgan fingerprint density at radius 1 is 0.857 bits per heavy atom. The molecule has 1 aliphatic heterocycles. The normalized spacial score (nSPS) is 13.9. The summed E-state index contributed by atoms with van der Waals surface area (Å²) in [5.74, 6) is -0.136. The predicted octanol–water partition coefficient (Wildman–Crippen LogP) is 5.97. The van der Waals surface area contributed by atoms with Crippen molar-refractivity contribution < 1.29 is 18.0 Å². The van der Waals surface area contributed by atoms with Crippen LogP contribution in [0.5, 0.6) is 0 Å². The number of amides is 1. The van der Waals surface area contributed by atoms with Crippen molar-refractivity contribution in [1.82, 2.24) is 0 Å². The van der Waals surface area contributed by atoms with Gasteiger partial charge >= 0.3 is 6.18 Å². The minimum atomic E-state index is -4.38. The molecule has 142 valence electrons. The highest BCUT2D eigenvalue weighted by Crippen LogP contribution is 2.33. The topological polar surface area (TPSA) is 20.3 Å². The van der Waals surface area contributed by atoms with Gasteiger partial charge in [-0.15, -0.1) is 0 Å². The zero-order valence-corrected chi connectivity index (χ0v) is 15.0. The molecule has 0 saturated heterocycles. The smallest absolute Gasteiger partial charge is 0.308 e. The highest BCUT2D eigenvalue weighted by molar-refractivity contribution is 6.10. The molecule has 3 aromatic rings. The highest BCUT2D eigenvalue weighted by Gasteiger charge is 2.30. The maximum atomic E-state index is 13.3. The van der Waals surface area contributed by atoms with Crippen LogP contribution in [-0.2, 0) is 12.6 Å². The van der Waals surface area contributed by atoms with Crippen LogP contribution in [0.2, 0.25) is 0 Å². The summed E-state index contributed by atoms with van der Waals surface area (Å²) in [5.41, 5.74) is 3.03. The summed E-state index contributed by atoms with van der Waals surface area (Å²) in [4.78, 5) is 15.1. The highest BCUT2D eigenvalue weighted by atomic mass is 19.4. The van der Waals surface area contributed by atoms with E-state index in [1.165, 1.54) is 12.1 Å². The van der Waals surface area contributed by atoms with E-state index in [0.717, 1.165) is 36.2 Å². The number of nitrogens with zero attached hydrogens (tertiary/aromatic N) is 1. The predicted molar refractivity (Wildman–Crippen MR) is 103 cm³/mol. The molecule has 28 heavy (non-hydrogen) atoms. The molecule has 4 rings (SSSR count). The van der Waals surface area contributed by atoms with Gasteiger partial charge in [0.2, 0.25) is 0 Å². The fourth-order valence-electron chi connectivity index (χ4n) is 3.65. The van der Waals surface area contributed by atoms with E-state index in [0.29, 0.717) is 23.2 Å². The summed E-state index contributed by atoms with van der Waals surface area (Å²) in [7, 11) is 0. The number of rotatable bonds is 2. The van der Waals surface area contributed by atoms with Crippen molar-refractivity contribution in [2.75, 3.05) is 11.4 Å². The Labute approximate surface area is 161 Å². The first kappa shape index (κ1) is 18.3. The van der Waals surface area contributed by atoms with Crippen molar-refractivity contribution in [2.24, 2.45) is 0 Å². The van der Waals surface area contributed by atoms with Gasteiger partial charge in [0, 0.05) is 17.8 Å². The van der Waals surface area contributed by atoms with Gasteiger partial charge in [0.25, 0.3) is 5.91 Å². The Balaban J connectivity index is 1.72. The average molecular weight is 381 g/mol. The first-order valence-corrected chi connectivity index (χ1v) is 9.11. The first-order chi connectivity index (χ1) is 13.4. The van der Waals surface area contributed by atoms with Gasteiger partial charge in [0.15, 0.2) is 0 Å². The third-order valence-electron chi connectivity index (χ3n) is 5.04. The largest absolute Gasteiger partial charge is 0.416 e. The fraction of sp³-hybridized carbons (Fsp3) is 0.174.